The monoisotopic (exact) mass is 326 g/mol. The molecular weight excluding hydrogens is 316 g/mol. The van der Waals surface area contributed by atoms with Crippen LogP contribution in [0.1, 0.15) is 22.0 Å². The van der Waals surface area contributed by atoms with E-state index in [0.717, 1.165) is 10.6 Å². The first-order chi connectivity index (χ1) is 10.7. The lowest BCUT2D eigenvalue weighted by Crippen LogP contribution is -2.44. The molecule has 0 aliphatic carbocycles. The van der Waals surface area contributed by atoms with Crippen molar-refractivity contribution >= 4 is 35.1 Å². The topological polar surface area (TPSA) is 69.9 Å². The van der Waals surface area contributed by atoms with Crippen molar-refractivity contribution in [2.45, 2.75) is 21.3 Å². The van der Waals surface area contributed by atoms with Crippen molar-refractivity contribution in [1.82, 2.24) is 9.97 Å². The van der Waals surface area contributed by atoms with E-state index in [2.05, 4.69) is 16.0 Å². The second kappa shape index (κ2) is 5.00. The molecular formula is C15H10N4OS2. The number of anilines is 1. The van der Waals surface area contributed by atoms with E-state index < -0.39 is 5.92 Å². The number of hydrogen-bond acceptors (Lipinski definition) is 6. The minimum atomic E-state index is -0.459. The molecule has 1 aromatic heterocycles. The number of benzene rings is 1. The largest absolute Gasteiger partial charge is 0.293 e. The standard InChI is InChI=1S/C15H10N4OS2/c1-21-15-17-7-9-12(18-15)8(6-16)14-19(13(9)20)10-4-2-3-5-11(10)22-14/h2-5,7-8,14H,1H3. The summed E-state index contributed by atoms with van der Waals surface area (Å²) in [6.07, 6.45) is 3.42. The average molecular weight is 326 g/mol. The van der Waals surface area contributed by atoms with Crippen molar-refractivity contribution < 1.29 is 4.79 Å². The number of fused-ring (bicyclic) bond motifs is 4. The van der Waals surface area contributed by atoms with E-state index in [9.17, 15) is 10.1 Å². The van der Waals surface area contributed by atoms with Gasteiger partial charge < -0.3 is 0 Å². The van der Waals surface area contributed by atoms with Gasteiger partial charge in [0.25, 0.3) is 5.91 Å². The van der Waals surface area contributed by atoms with Crippen LogP contribution in [0.25, 0.3) is 0 Å². The zero-order valence-corrected chi connectivity index (χ0v) is 13.2. The molecule has 0 saturated heterocycles. The van der Waals surface area contributed by atoms with Gasteiger partial charge in [0.05, 0.1) is 23.0 Å². The first kappa shape index (κ1) is 13.6. The van der Waals surface area contributed by atoms with Crippen molar-refractivity contribution in [2.75, 3.05) is 11.2 Å². The molecule has 7 heteroatoms. The van der Waals surface area contributed by atoms with Crippen LogP contribution in [0.3, 0.4) is 0 Å². The Balaban J connectivity index is 1.91. The highest BCUT2D eigenvalue weighted by Gasteiger charge is 2.47. The fourth-order valence-electron chi connectivity index (χ4n) is 2.79. The van der Waals surface area contributed by atoms with Gasteiger partial charge >= 0.3 is 0 Å². The summed E-state index contributed by atoms with van der Waals surface area (Å²) in [6.45, 7) is 0. The molecule has 0 fully saturated rings. The first-order valence-electron chi connectivity index (χ1n) is 6.64. The first-order valence-corrected chi connectivity index (χ1v) is 8.75. The van der Waals surface area contributed by atoms with Crippen LogP contribution in [0.15, 0.2) is 40.5 Å². The molecule has 1 aromatic carbocycles. The predicted octanol–water partition coefficient (Wildman–Crippen LogP) is 2.90. The molecule has 2 aliphatic rings. The van der Waals surface area contributed by atoms with Crippen LogP contribution in [0.4, 0.5) is 5.69 Å². The minimum absolute atomic E-state index is 0.128. The lowest BCUT2D eigenvalue weighted by atomic mass is 9.95. The highest BCUT2D eigenvalue weighted by atomic mass is 32.2. The number of para-hydroxylation sites is 1. The zero-order chi connectivity index (χ0) is 15.3. The Hall–Kier alpha value is -2.04. The quantitative estimate of drug-likeness (QED) is 0.593. The third-order valence-corrected chi connectivity index (χ3v) is 5.66. The number of carbonyl (C=O) groups excluding carboxylic acids is 1. The summed E-state index contributed by atoms with van der Waals surface area (Å²) in [7, 11) is 0. The van der Waals surface area contributed by atoms with E-state index in [0.29, 0.717) is 16.4 Å². The summed E-state index contributed by atoms with van der Waals surface area (Å²) in [5, 5.41) is 9.97. The number of amides is 1. The Labute approximate surface area is 135 Å². The third kappa shape index (κ3) is 1.77. The summed E-state index contributed by atoms with van der Waals surface area (Å²) < 4.78 is 0. The van der Waals surface area contributed by atoms with Crippen molar-refractivity contribution in [3.8, 4) is 6.07 Å². The Morgan fingerprint density at radius 3 is 3.00 bits per heavy atom. The molecule has 0 bridgehead atoms. The van der Waals surface area contributed by atoms with Gasteiger partial charge in [-0.3, -0.25) is 9.69 Å². The van der Waals surface area contributed by atoms with Crippen LogP contribution < -0.4 is 4.90 Å². The number of thioether (sulfide) groups is 2. The second-order valence-corrected chi connectivity index (χ2v) is 6.85. The molecule has 2 unspecified atom stereocenters. The van der Waals surface area contributed by atoms with Gasteiger partial charge in [0.15, 0.2) is 5.16 Å². The Kier molecular flexibility index (Phi) is 3.10. The predicted molar refractivity (Wildman–Crippen MR) is 85.1 cm³/mol. The molecule has 2 atom stereocenters. The van der Waals surface area contributed by atoms with Gasteiger partial charge in [-0.25, -0.2) is 9.97 Å². The summed E-state index contributed by atoms with van der Waals surface area (Å²) in [6, 6.07) is 10.1. The Bertz CT molecular complexity index is 833. The number of rotatable bonds is 1. The molecule has 1 amide bonds. The molecule has 0 spiro atoms. The molecule has 2 aromatic rings. The van der Waals surface area contributed by atoms with Gasteiger partial charge in [-0.05, 0) is 18.4 Å². The van der Waals surface area contributed by atoms with Gasteiger partial charge in [0.1, 0.15) is 11.3 Å². The maximum Gasteiger partial charge on any atom is 0.262 e. The van der Waals surface area contributed by atoms with Crippen LogP contribution in [-0.2, 0) is 0 Å². The van der Waals surface area contributed by atoms with Crippen LogP contribution in [0.2, 0.25) is 0 Å². The Morgan fingerprint density at radius 1 is 1.41 bits per heavy atom. The van der Waals surface area contributed by atoms with Crippen LogP contribution in [-0.4, -0.2) is 27.5 Å². The van der Waals surface area contributed by atoms with E-state index in [4.69, 9.17) is 0 Å². The van der Waals surface area contributed by atoms with Crippen molar-refractivity contribution in [3.05, 3.63) is 41.7 Å². The molecule has 0 saturated carbocycles. The van der Waals surface area contributed by atoms with E-state index in [-0.39, 0.29) is 11.3 Å². The SMILES string of the molecule is CSc1ncc2c(n1)C(C#N)C1Sc3ccccc3N1C2=O. The van der Waals surface area contributed by atoms with Crippen molar-refractivity contribution in [1.29, 1.82) is 5.26 Å². The molecule has 108 valence electrons. The number of aromatic nitrogens is 2. The van der Waals surface area contributed by atoms with Crippen LogP contribution in [0, 0.1) is 11.3 Å². The van der Waals surface area contributed by atoms with Crippen LogP contribution >= 0.6 is 23.5 Å². The van der Waals surface area contributed by atoms with E-state index >= 15 is 0 Å². The number of hydrogen-bond donors (Lipinski definition) is 0. The normalized spacial score (nSPS) is 21.8. The fourth-order valence-corrected chi connectivity index (χ4v) is 4.48. The summed E-state index contributed by atoms with van der Waals surface area (Å²) in [5.41, 5.74) is 1.84. The molecule has 22 heavy (non-hydrogen) atoms. The van der Waals surface area contributed by atoms with Gasteiger partial charge in [-0.2, -0.15) is 5.26 Å². The van der Waals surface area contributed by atoms with Crippen molar-refractivity contribution in [2.24, 2.45) is 0 Å². The molecule has 2 aliphatic heterocycles. The highest BCUT2D eigenvalue weighted by Crippen LogP contribution is 2.51. The summed E-state index contributed by atoms with van der Waals surface area (Å²) in [4.78, 5) is 24.2. The molecule has 5 nitrogen and oxygen atoms in total. The minimum Gasteiger partial charge on any atom is -0.293 e. The Morgan fingerprint density at radius 2 is 2.23 bits per heavy atom. The smallest absolute Gasteiger partial charge is 0.262 e. The van der Waals surface area contributed by atoms with E-state index in [1.54, 1.807) is 22.9 Å². The van der Waals surface area contributed by atoms with Gasteiger partial charge in [0, 0.05) is 11.1 Å². The zero-order valence-electron chi connectivity index (χ0n) is 11.6. The highest BCUT2D eigenvalue weighted by molar-refractivity contribution is 8.00. The summed E-state index contributed by atoms with van der Waals surface area (Å²) >= 11 is 2.95. The average Bonchev–Trinajstić information content (AvgIpc) is 2.94. The lowest BCUT2D eigenvalue weighted by Gasteiger charge is -2.33. The van der Waals surface area contributed by atoms with Gasteiger partial charge in [-0.15, -0.1) is 0 Å². The maximum atomic E-state index is 12.8. The summed E-state index contributed by atoms with van der Waals surface area (Å²) in [5.74, 6) is -0.587. The van der Waals surface area contributed by atoms with E-state index in [1.807, 2.05) is 30.5 Å². The second-order valence-electron chi connectivity index (χ2n) is 4.91. The molecule has 4 rings (SSSR count). The van der Waals surface area contributed by atoms with Crippen LogP contribution in [0.5, 0.6) is 0 Å². The lowest BCUT2D eigenvalue weighted by molar-refractivity contribution is 0.0974. The molecule has 0 N–H and O–H groups in total. The van der Waals surface area contributed by atoms with Gasteiger partial charge in [0.2, 0.25) is 0 Å². The van der Waals surface area contributed by atoms with E-state index in [1.165, 1.54) is 11.8 Å². The van der Waals surface area contributed by atoms with Crippen molar-refractivity contribution in [3.63, 3.8) is 0 Å². The third-order valence-electron chi connectivity index (χ3n) is 3.77. The molecule has 3 heterocycles. The fraction of sp³-hybridized carbons (Fsp3) is 0.200. The maximum absolute atomic E-state index is 12.8. The van der Waals surface area contributed by atoms with Gasteiger partial charge in [-0.1, -0.05) is 35.7 Å². The number of nitrogens with zero attached hydrogens (tertiary/aromatic N) is 4. The number of carbonyl (C=O) groups is 1. The molecule has 0 radical (unpaired) electrons. The number of nitriles is 1.